The van der Waals surface area contributed by atoms with Crippen molar-refractivity contribution in [2.45, 2.75) is 38.5 Å². The Morgan fingerprint density at radius 3 is 1.69 bits per heavy atom. The molecular formula is C51H37N3O. The highest BCUT2D eigenvalue weighted by Gasteiger charge is 2.38. The molecule has 0 amide bonds. The molecule has 9 aromatic rings. The highest BCUT2D eigenvalue weighted by molar-refractivity contribution is 6.11. The van der Waals surface area contributed by atoms with Crippen LogP contribution < -0.4 is 0 Å². The third-order valence-corrected chi connectivity index (χ3v) is 12.2. The molecule has 7 aromatic carbocycles. The van der Waals surface area contributed by atoms with Gasteiger partial charge in [0.15, 0.2) is 17.5 Å². The second-order valence-corrected chi connectivity index (χ2v) is 16.0. The first-order chi connectivity index (χ1) is 26.8. The van der Waals surface area contributed by atoms with Gasteiger partial charge in [-0.1, -0.05) is 167 Å². The zero-order valence-electron chi connectivity index (χ0n) is 31.2. The van der Waals surface area contributed by atoms with Crippen LogP contribution in [-0.2, 0) is 10.8 Å². The lowest BCUT2D eigenvalue weighted by Crippen LogP contribution is -2.14. The van der Waals surface area contributed by atoms with Gasteiger partial charge in [-0.2, -0.15) is 0 Å². The first kappa shape index (κ1) is 31.8. The Bertz CT molecular complexity index is 3030. The smallest absolute Gasteiger partial charge is 0.164 e. The van der Waals surface area contributed by atoms with E-state index < -0.39 is 0 Å². The fraction of sp³-hybridized carbons (Fsp3) is 0.118. The van der Waals surface area contributed by atoms with Gasteiger partial charge in [0.2, 0.25) is 0 Å². The number of aromatic nitrogens is 3. The summed E-state index contributed by atoms with van der Waals surface area (Å²) >= 11 is 0. The monoisotopic (exact) mass is 707 g/mol. The molecule has 0 spiro atoms. The van der Waals surface area contributed by atoms with Crippen molar-refractivity contribution in [3.63, 3.8) is 0 Å². The highest BCUT2D eigenvalue weighted by atomic mass is 16.3. The molecule has 55 heavy (non-hydrogen) atoms. The first-order valence-electron chi connectivity index (χ1n) is 19.0. The van der Waals surface area contributed by atoms with Gasteiger partial charge in [0.25, 0.3) is 0 Å². The van der Waals surface area contributed by atoms with E-state index in [0.717, 1.165) is 49.8 Å². The zero-order chi connectivity index (χ0) is 37.1. The summed E-state index contributed by atoms with van der Waals surface area (Å²) in [7, 11) is 0. The van der Waals surface area contributed by atoms with Gasteiger partial charge in [0.1, 0.15) is 11.2 Å². The van der Waals surface area contributed by atoms with Crippen molar-refractivity contribution in [1.82, 2.24) is 15.0 Å². The van der Waals surface area contributed by atoms with Crippen molar-refractivity contribution in [2.75, 3.05) is 0 Å². The number of para-hydroxylation sites is 1. The first-order valence-corrected chi connectivity index (χ1v) is 19.0. The average molecular weight is 708 g/mol. The number of hydrogen-bond donors (Lipinski definition) is 0. The van der Waals surface area contributed by atoms with E-state index in [-0.39, 0.29) is 10.8 Å². The van der Waals surface area contributed by atoms with E-state index in [0.29, 0.717) is 17.5 Å². The van der Waals surface area contributed by atoms with E-state index in [2.05, 4.69) is 161 Å². The molecule has 2 aromatic heterocycles. The summed E-state index contributed by atoms with van der Waals surface area (Å²) in [6, 6.07) is 53.8. The number of hydrogen-bond acceptors (Lipinski definition) is 4. The van der Waals surface area contributed by atoms with Gasteiger partial charge < -0.3 is 4.42 Å². The Hall–Kier alpha value is -6.65. The minimum atomic E-state index is -0.124. The molecule has 4 nitrogen and oxygen atoms in total. The van der Waals surface area contributed by atoms with Crippen molar-refractivity contribution in [3.8, 4) is 67.5 Å². The van der Waals surface area contributed by atoms with Gasteiger partial charge in [-0.25, -0.2) is 15.0 Å². The molecule has 262 valence electrons. The van der Waals surface area contributed by atoms with Crippen LogP contribution in [0.3, 0.4) is 0 Å². The number of nitrogens with zero attached hydrogens (tertiary/aromatic N) is 3. The van der Waals surface area contributed by atoms with Gasteiger partial charge in [0.05, 0.1) is 0 Å². The predicted octanol–water partition coefficient (Wildman–Crippen LogP) is 13.1. The third-order valence-electron chi connectivity index (χ3n) is 12.2. The molecule has 2 aliphatic rings. The van der Waals surface area contributed by atoms with Crippen LogP contribution in [0.25, 0.3) is 89.5 Å². The lowest BCUT2D eigenvalue weighted by atomic mass is 9.82. The molecule has 0 aliphatic heterocycles. The van der Waals surface area contributed by atoms with Crippen LogP contribution in [0, 0.1) is 0 Å². The minimum Gasteiger partial charge on any atom is -0.455 e. The van der Waals surface area contributed by atoms with Crippen molar-refractivity contribution in [2.24, 2.45) is 0 Å². The van der Waals surface area contributed by atoms with Crippen LogP contribution in [0.5, 0.6) is 0 Å². The third kappa shape index (κ3) is 4.61. The lowest BCUT2D eigenvalue weighted by Gasteiger charge is -2.21. The molecule has 4 heteroatoms. The minimum absolute atomic E-state index is 0.0886. The van der Waals surface area contributed by atoms with Crippen LogP contribution >= 0.6 is 0 Å². The SMILES string of the molecule is CC1(C)c2ccccc2-c2cc3c(cc21)oc1c(-c2ccc(-c4nc(-c5ccccc5)nc(-c5cccc6c5-c5ccccc5C6(C)C)n4)cc2)cccc13. The van der Waals surface area contributed by atoms with Crippen LogP contribution in [-0.4, -0.2) is 15.0 Å². The molecule has 0 N–H and O–H groups in total. The van der Waals surface area contributed by atoms with E-state index in [4.69, 9.17) is 19.4 Å². The molecular weight excluding hydrogens is 671 g/mol. The molecule has 0 saturated heterocycles. The van der Waals surface area contributed by atoms with Gasteiger partial charge in [-0.05, 0) is 62.2 Å². The Labute approximate surface area is 320 Å². The number of fused-ring (bicyclic) bond motifs is 9. The number of furan rings is 1. The Kier molecular flexibility index (Phi) is 6.61. The van der Waals surface area contributed by atoms with Gasteiger partial charge >= 0.3 is 0 Å². The van der Waals surface area contributed by atoms with Crippen molar-refractivity contribution in [3.05, 3.63) is 174 Å². The molecule has 11 rings (SSSR count). The number of rotatable bonds is 4. The van der Waals surface area contributed by atoms with Gasteiger partial charge in [-0.3, -0.25) is 0 Å². The normalized spacial score (nSPS) is 14.5. The van der Waals surface area contributed by atoms with Gasteiger partial charge in [0, 0.05) is 43.9 Å². The summed E-state index contributed by atoms with van der Waals surface area (Å²) in [5, 5.41) is 2.26. The molecule has 0 unspecified atom stereocenters. The molecule has 0 saturated carbocycles. The van der Waals surface area contributed by atoms with Crippen molar-refractivity contribution < 1.29 is 4.42 Å². The highest BCUT2D eigenvalue weighted by Crippen LogP contribution is 2.53. The van der Waals surface area contributed by atoms with Gasteiger partial charge in [-0.15, -0.1) is 0 Å². The summed E-state index contributed by atoms with van der Waals surface area (Å²) < 4.78 is 6.74. The Morgan fingerprint density at radius 1 is 0.382 bits per heavy atom. The second-order valence-electron chi connectivity index (χ2n) is 16.0. The molecule has 0 atom stereocenters. The van der Waals surface area contributed by atoms with Crippen LogP contribution in [0.15, 0.2) is 156 Å². The molecule has 0 bridgehead atoms. The lowest BCUT2D eigenvalue weighted by molar-refractivity contribution is 0.648. The van der Waals surface area contributed by atoms with E-state index >= 15 is 0 Å². The largest absolute Gasteiger partial charge is 0.455 e. The maximum Gasteiger partial charge on any atom is 0.164 e. The summed E-state index contributed by atoms with van der Waals surface area (Å²) in [6.07, 6.45) is 0. The van der Waals surface area contributed by atoms with E-state index in [1.165, 1.54) is 44.5 Å². The quantitative estimate of drug-likeness (QED) is 0.183. The Balaban J connectivity index is 1.03. The summed E-state index contributed by atoms with van der Waals surface area (Å²) in [4.78, 5) is 15.4. The topological polar surface area (TPSA) is 51.8 Å². The van der Waals surface area contributed by atoms with Crippen molar-refractivity contribution in [1.29, 1.82) is 0 Å². The van der Waals surface area contributed by atoms with Crippen LogP contribution in [0.4, 0.5) is 0 Å². The summed E-state index contributed by atoms with van der Waals surface area (Å²) in [6.45, 7) is 9.22. The van der Waals surface area contributed by atoms with E-state index in [1.807, 2.05) is 18.2 Å². The molecule has 0 fully saturated rings. The zero-order valence-corrected chi connectivity index (χ0v) is 31.2. The summed E-state index contributed by atoms with van der Waals surface area (Å²) in [5.74, 6) is 1.96. The van der Waals surface area contributed by atoms with E-state index in [1.54, 1.807) is 0 Å². The standard InChI is InChI=1S/C51H37N3O/c1-50(2)41-22-11-9-17-36(41)45-37(20-13-23-42(45)50)49-53-47(31-14-6-5-7-15-31)52-48(54-49)32-26-24-30(25-27-32)33-18-12-19-35-39-28-38-34-16-8-10-21-40(34)51(3,4)43(38)29-44(39)55-46(33)35/h5-29H,1-4H3. The van der Waals surface area contributed by atoms with Crippen LogP contribution in [0.2, 0.25) is 0 Å². The molecule has 0 radical (unpaired) electrons. The maximum atomic E-state index is 6.74. The second kappa shape index (κ2) is 11.4. The average Bonchev–Trinajstić information content (AvgIpc) is 3.80. The fourth-order valence-corrected chi connectivity index (χ4v) is 9.30. The predicted molar refractivity (Wildman–Crippen MR) is 224 cm³/mol. The van der Waals surface area contributed by atoms with Crippen molar-refractivity contribution >= 4 is 21.9 Å². The van der Waals surface area contributed by atoms with Crippen LogP contribution in [0.1, 0.15) is 49.9 Å². The Morgan fingerprint density at radius 2 is 0.927 bits per heavy atom. The maximum absolute atomic E-state index is 6.74. The number of benzene rings is 7. The van der Waals surface area contributed by atoms with E-state index in [9.17, 15) is 0 Å². The fourth-order valence-electron chi connectivity index (χ4n) is 9.30. The summed E-state index contributed by atoms with van der Waals surface area (Å²) in [5.41, 5.74) is 17.0. The molecule has 2 aliphatic carbocycles. The molecule has 2 heterocycles.